The minimum Gasteiger partial charge on any atom is -0.872 e. The lowest BCUT2D eigenvalue weighted by Crippen LogP contribution is -2.53. The fourth-order valence-corrected chi connectivity index (χ4v) is 7.51. The largest absolute Gasteiger partial charge is 0.872 e. The van der Waals surface area contributed by atoms with Crippen LogP contribution in [0.15, 0.2) is 66.7 Å². The SMILES string of the molecule is CCCC[N+](CCCC)(CCCC)CCCC.CN1c2ccc(F)cc2C(C)(Cc2cc([N+](=O)[O-])ccc2[O-])C1(C#N)c1ccccc1. The molecule has 7 nitrogen and oxygen atoms in total. The van der Waals surface area contributed by atoms with Gasteiger partial charge in [0, 0.05) is 30.3 Å². The van der Waals surface area contributed by atoms with E-state index in [-0.39, 0.29) is 23.4 Å². The molecule has 0 spiro atoms. The predicted octanol–water partition coefficient (Wildman–Crippen LogP) is 9.18. The van der Waals surface area contributed by atoms with Crippen LogP contribution in [-0.2, 0) is 17.4 Å². The quantitative estimate of drug-likeness (QED) is 0.0869. The van der Waals surface area contributed by atoms with E-state index in [0.717, 1.165) is 6.07 Å². The van der Waals surface area contributed by atoms with Gasteiger partial charge in [-0.25, -0.2) is 4.39 Å². The first kappa shape index (κ1) is 38.5. The average Bonchev–Trinajstić information content (AvgIpc) is 3.27. The molecule has 0 radical (unpaired) electrons. The van der Waals surface area contributed by atoms with Gasteiger partial charge in [0.15, 0.2) is 5.54 Å². The van der Waals surface area contributed by atoms with Crippen molar-refractivity contribution in [3.8, 4) is 11.8 Å². The third kappa shape index (κ3) is 8.18. The maximum absolute atomic E-state index is 14.3. The van der Waals surface area contributed by atoms with Gasteiger partial charge in [0.2, 0.25) is 0 Å². The van der Waals surface area contributed by atoms with Gasteiger partial charge in [-0.15, -0.1) is 5.75 Å². The monoisotopic (exact) mass is 658 g/mol. The molecule has 1 aliphatic heterocycles. The van der Waals surface area contributed by atoms with Crippen molar-refractivity contribution in [1.29, 1.82) is 5.26 Å². The first-order valence-electron chi connectivity index (χ1n) is 17.8. The van der Waals surface area contributed by atoms with Crippen LogP contribution in [0, 0.1) is 27.3 Å². The number of nitrogens with zero attached hydrogens (tertiary/aromatic N) is 4. The van der Waals surface area contributed by atoms with Crippen molar-refractivity contribution in [2.75, 3.05) is 38.1 Å². The standard InChI is InChI=1S/C24H20FN3O3.C16H36N/c1-23(14-16-12-19(28(30)31)9-11-22(16)29)20-13-18(25)8-10-21(20)27(2)24(23,15-26)17-6-4-3-5-7-17;1-5-9-13-17(14-10-6-2,15-11-7-3)16-12-8-4/h3-13,29H,14H2,1-2H3;5-16H2,1-4H3/q;+1/p-1. The summed E-state index contributed by atoms with van der Waals surface area (Å²) < 4.78 is 15.7. The summed E-state index contributed by atoms with van der Waals surface area (Å²) in [4.78, 5) is 12.5. The van der Waals surface area contributed by atoms with Crippen molar-refractivity contribution in [3.63, 3.8) is 0 Å². The lowest BCUT2D eigenvalue weighted by atomic mass is 9.63. The molecule has 4 rings (SSSR count). The summed E-state index contributed by atoms with van der Waals surface area (Å²) in [5.74, 6) is -0.819. The van der Waals surface area contributed by atoms with E-state index in [9.17, 15) is 24.9 Å². The first-order valence-corrected chi connectivity index (χ1v) is 17.8. The van der Waals surface area contributed by atoms with Gasteiger partial charge in [0.25, 0.3) is 5.69 Å². The highest BCUT2D eigenvalue weighted by molar-refractivity contribution is 5.71. The minimum absolute atomic E-state index is 0.0246. The smallest absolute Gasteiger partial charge is 0.269 e. The molecule has 1 heterocycles. The summed E-state index contributed by atoms with van der Waals surface area (Å²) in [6.45, 7) is 16.8. The van der Waals surface area contributed by atoms with E-state index in [1.54, 1.807) is 18.0 Å². The van der Waals surface area contributed by atoms with Crippen molar-refractivity contribution in [2.45, 2.75) is 103 Å². The van der Waals surface area contributed by atoms with E-state index in [0.29, 0.717) is 16.8 Å². The lowest BCUT2D eigenvalue weighted by Gasteiger charge is -2.44. The number of unbranched alkanes of at least 4 members (excludes halogenated alkanes) is 4. The number of anilines is 1. The molecule has 0 amide bonds. The summed E-state index contributed by atoms with van der Waals surface area (Å²) in [6.07, 6.45) is 11.1. The number of quaternary nitrogens is 1. The van der Waals surface area contributed by atoms with E-state index < -0.39 is 21.7 Å². The van der Waals surface area contributed by atoms with Crippen LogP contribution in [0.4, 0.5) is 15.8 Å². The van der Waals surface area contributed by atoms with Crippen LogP contribution in [0.25, 0.3) is 0 Å². The van der Waals surface area contributed by atoms with E-state index >= 15 is 0 Å². The highest BCUT2D eigenvalue weighted by Crippen LogP contribution is 2.58. The van der Waals surface area contributed by atoms with Gasteiger partial charge in [-0.05, 0) is 67.0 Å². The molecule has 1 aliphatic rings. The fourth-order valence-electron chi connectivity index (χ4n) is 7.51. The number of hydrogen-bond donors (Lipinski definition) is 0. The number of nitro benzene ring substituents is 1. The van der Waals surface area contributed by atoms with Gasteiger partial charge in [0.05, 0.1) is 37.2 Å². The minimum atomic E-state index is -1.26. The Morgan fingerprint density at radius 3 is 1.88 bits per heavy atom. The maximum atomic E-state index is 14.3. The lowest BCUT2D eigenvalue weighted by molar-refractivity contribution is -0.929. The molecule has 0 fully saturated rings. The Morgan fingerprint density at radius 2 is 1.40 bits per heavy atom. The molecule has 0 bridgehead atoms. The van der Waals surface area contributed by atoms with Crippen LogP contribution < -0.4 is 10.0 Å². The van der Waals surface area contributed by atoms with Gasteiger partial charge < -0.3 is 14.5 Å². The summed E-state index contributed by atoms with van der Waals surface area (Å²) in [6, 6.07) is 19.5. The molecular formula is C40H55FN4O3. The molecule has 0 saturated carbocycles. The van der Waals surface area contributed by atoms with Crippen LogP contribution in [0.2, 0.25) is 0 Å². The maximum Gasteiger partial charge on any atom is 0.269 e. The van der Waals surface area contributed by atoms with E-state index in [1.807, 2.05) is 37.3 Å². The zero-order chi connectivity index (χ0) is 35.4. The van der Waals surface area contributed by atoms with Gasteiger partial charge in [-0.3, -0.25) is 10.1 Å². The molecule has 3 aromatic carbocycles. The number of benzene rings is 3. The van der Waals surface area contributed by atoms with Crippen LogP contribution in [0.5, 0.6) is 5.75 Å². The Hall–Kier alpha value is -3.96. The molecular weight excluding hydrogens is 603 g/mol. The van der Waals surface area contributed by atoms with E-state index in [4.69, 9.17) is 0 Å². The number of rotatable bonds is 16. The zero-order valence-electron chi connectivity index (χ0n) is 29.9. The molecule has 3 aromatic rings. The molecule has 0 saturated heterocycles. The Labute approximate surface area is 287 Å². The van der Waals surface area contributed by atoms with Gasteiger partial charge in [-0.2, -0.15) is 5.26 Å². The molecule has 0 aliphatic carbocycles. The summed E-state index contributed by atoms with van der Waals surface area (Å²) in [5.41, 5.74) is -0.384. The molecule has 2 unspecified atom stereocenters. The number of nitro groups is 1. The fraction of sp³-hybridized carbons (Fsp3) is 0.525. The van der Waals surface area contributed by atoms with Gasteiger partial charge in [0.1, 0.15) is 5.82 Å². The van der Waals surface area contributed by atoms with Crippen molar-refractivity contribution in [3.05, 3.63) is 99.4 Å². The van der Waals surface area contributed by atoms with Crippen LogP contribution in [-0.4, -0.2) is 42.6 Å². The number of fused-ring (bicyclic) bond motifs is 1. The number of hydrogen-bond acceptors (Lipinski definition) is 5. The number of nitriles is 1. The van der Waals surface area contributed by atoms with Crippen LogP contribution in [0.3, 0.4) is 0 Å². The second-order valence-electron chi connectivity index (χ2n) is 13.6. The highest BCUT2D eigenvalue weighted by atomic mass is 19.1. The number of halogens is 1. The molecule has 48 heavy (non-hydrogen) atoms. The van der Waals surface area contributed by atoms with Crippen molar-refractivity contribution in [1.82, 2.24) is 0 Å². The first-order chi connectivity index (χ1) is 23.0. The average molecular weight is 659 g/mol. The zero-order valence-corrected chi connectivity index (χ0v) is 29.9. The van der Waals surface area contributed by atoms with Crippen LogP contribution in [0.1, 0.15) is 103 Å². The van der Waals surface area contributed by atoms with Gasteiger partial charge >= 0.3 is 0 Å². The van der Waals surface area contributed by atoms with E-state index in [2.05, 4.69) is 33.8 Å². The normalized spacial score (nSPS) is 18.5. The Balaban J connectivity index is 0.000000315. The second kappa shape index (κ2) is 17.4. The molecule has 0 aromatic heterocycles. The Kier molecular flexibility index (Phi) is 14.0. The number of non-ortho nitro benzene ring substituents is 1. The van der Waals surface area contributed by atoms with Crippen molar-refractivity contribution in [2.24, 2.45) is 0 Å². The van der Waals surface area contributed by atoms with Crippen molar-refractivity contribution >= 4 is 11.4 Å². The third-order valence-electron chi connectivity index (χ3n) is 10.3. The predicted molar refractivity (Wildman–Crippen MR) is 191 cm³/mol. The molecule has 8 heteroatoms. The number of likely N-dealkylation sites (N-methyl/N-ethyl adjacent to an activating group) is 1. The van der Waals surface area contributed by atoms with E-state index in [1.165, 1.54) is 106 Å². The summed E-state index contributed by atoms with van der Waals surface area (Å²) in [7, 11) is 1.77. The molecule has 260 valence electrons. The molecule has 0 N–H and O–H groups in total. The topological polar surface area (TPSA) is 93.2 Å². The van der Waals surface area contributed by atoms with Crippen molar-refractivity contribution < 1.29 is 18.9 Å². The highest BCUT2D eigenvalue weighted by Gasteiger charge is 2.60. The summed E-state index contributed by atoms with van der Waals surface area (Å²) >= 11 is 0. The Morgan fingerprint density at radius 1 is 0.854 bits per heavy atom. The Bertz CT molecular complexity index is 1490. The van der Waals surface area contributed by atoms with Crippen LogP contribution >= 0.6 is 0 Å². The summed E-state index contributed by atoms with van der Waals surface area (Å²) in [5, 5.41) is 34.4. The molecule has 2 atom stereocenters. The third-order valence-corrected chi connectivity index (χ3v) is 10.3. The van der Waals surface area contributed by atoms with Gasteiger partial charge in [-0.1, -0.05) is 96.7 Å². The second-order valence-corrected chi connectivity index (χ2v) is 13.6.